The Balaban J connectivity index is 1.53. The first kappa shape index (κ1) is 20.4. The number of carbonyl (C=O) groups excluding carboxylic acids is 2. The van der Waals surface area contributed by atoms with Gasteiger partial charge in [-0.15, -0.1) is 22.7 Å². The number of hydrogen-bond acceptors (Lipinski definition) is 7. The molecule has 2 aromatic heterocycles. The van der Waals surface area contributed by atoms with Crippen LogP contribution in [0.2, 0.25) is 0 Å². The van der Waals surface area contributed by atoms with Crippen LogP contribution in [-0.2, 0) is 22.4 Å². The first-order valence-electron chi connectivity index (χ1n) is 8.28. The van der Waals surface area contributed by atoms with Gasteiger partial charge in [0.15, 0.2) is 9.47 Å². The number of anilines is 1. The predicted octanol–water partition coefficient (Wildman–Crippen LogP) is 3.48. The number of aromatic nitrogens is 2. The van der Waals surface area contributed by atoms with Gasteiger partial charge in [-0.3, -0.25) is 9.59 Å². The van der Waals surface area contributed by atoms with Gasteiger partial charge >= 0.3 is 0 Å². The zero-order valence-corrected chi connectivity index (χ0v) is 17.3. The van der Waals surface area contributed by atoms with Crippen molar-refractivity contribution in [2.45, 2.75) is 29.4 Å². The molecule has 0 aliphatic rings. The molecular formula is C18H17FN4O2S3. The molecule has 0 aliphatic heterocycles. The minimum Gasteiger partial charge on any atom is -0.369 e. The molecule has 3 N–H and O–H groups in total. The van der Waals surface area contributed by atoms with Crippen molar-refractivity contribution in [1.29, 1.82) is 0 Å². The van der Waals surface area contributed by atoms with E-state index in [1.165, 1.54) is 46.6 Å². The fourth-order valence-corrected chi connectivity index (χ4v) is 5.05. The lowest BCUT2D eigenvalue weighted by molar-refractivity contribution is -0.117. The molecule has 3 rings (SSSR count). The number of amides is 2. The molecule has 0 fully saturated rings. The summed E-state index contributed by atoms with van der Waals surface area (Å²) >= 11 is 3.99. The maximum absolute atomic E-state index is 13.3. The van der Waals surface area contributed by atoms with Gasteiger partial charge in [0.1, 0.15) is 5.82 Å². The molecule has 1 unspecified atom stereocenters. The molecular weight excluding hydrogens is 419 g/mol. The fraction of sp³-hybridized carbons (Fsp3) is 0.222. The van der Waals surface area contributed by atoms with Crippen molar-refractivity contribution >= 4 is 51.4 Å². The van der Waals surface area contributed by atoms with E-state index in [9.17, 15) is 14.0 Å². The van der Waals surface area contributed by atoms with Crippen molar-refractivity contribution in [2.24, 2.45) is 5.73 Å². The Bertz CT molecular complexity index is 989. The highest BCUT2D eigenvalue weighted by molar-refractivity contribution is 8.02. The zero-order chi connectivity index (χ0) is 20.1. The average molecular weight is 437 g/mol. The summed E-state index contributed by atoms with van der Waals surface area (Å²) < 4.78 is 14.0. The topological polar surface area (TPSA) is 98.0 Å². The van der Waals surface area contributed by atoms with Crippen LogP contribution in [0.1, 0.15) is 23.1 Å². The summed E-state index contributed by atoms with van der Waals surface area (Å²) in [6, 6.07) is 6.39. The van der Waals surface area contributed by atoms with Crippen LogP contribution in [0.4, 0.5) is 9.52 Å². The number of carbonyl (C=O) groups is 2. The molecule has 146 valence electrons. The van der Waals surface area contributed by atoms with Crippen LogP contribution in [0, 0.1) is 5.82 Å². The van der Waals surface area contributed by atoms with Gasteiger partial charge in [0.25, 0.3) is 0 Å². The second-order valence-electron chi connectivity index (χ2n) is 5.93. The largest absolute Gasteiger partial charge is 0.369 e. The Morgan fingerprint density at radius 1 is 1.39 bits per heavy atom. The summed E-state index contributed by atoms with van der Waals surface area (Å²) in [6.45, 7) is 1.71. The Labute approximate surface area is 173 Å². The second-order valence-corrected chi connectivity index (χ2v) is 9.49. The van der Waals surface area contributed by atoms with Gasteiger partial charge in [-0.1, -0.05) is 23.9 Å². The smallest absolute Gasteiger partial charge is 0.232 e. The molecule has 0 radical (unpaired) electrons. The third-order valence-corrected chi connectivity index (χ3v) is 6.67. The summed E-state index contributed by atoms with van der Waals surface area (Å²) in [7, 11) is 0. The number of nitrogens with two attached hydrogens (primary N) is 1. The molecule has 1 atom stereocenters. The van der Waals surface area contributed by atoms with E-state index in [1.807, 2.05) is 6.07 Å². The molecule has 0 aliphatic carbocycles. The van der Waals surface area contributed by atoms with Crippen molar-refractivity contribution in [3.05, 3.63) is 57.8 Å². The van der Waals surface area contributed by atoms with Crippen LogP contribution in [-0.4, -0.2) is 27.0 Å². The Kier molecular flexibility index (Phi) is 6.76. The molecule has 0 saturated carbocycles. The van der Waals surface area contributed by atoms with Gasteiger partial charge in [-0.2, -0.15) is 0 Å². The lowest BCUT2D eigenvalue weighted by atomic mass is 10.1. The van der Waals surface area contributed by atoms with E-state index in [2.05, 4.69) is 15.3 Å². The highest BCUT2D eigenvalue weighted by Crippen LogP contribution is 2.27. The summed E-state index contributed by atoms with van der Waals surface area (Å²) in [5.74, 6) is -0.907. The highest BCUT2D eigenvalue weighted by atomic mass is 32.2. The Morgan fingerprint density at radius 2 is 2.21 bits per heavy atom. The zero-order valence-electron chi connectivity index (χ0n) is 14.8. The monoisotopic (exact) mass is 436 g/mol. The van der Waals surface area contributed by atoms with Crippen molar-refractivity contribution in [3.63, 3.8) is 0 Å². The predicted molar refractivity (Wildman–Crippen MR) is 110 cm³/mol. The number of hydrogen-bond donors (Lipinski definition) is 2. The van der Waals surface area contributed by atoms with Gasteiger partial charge in [0, 0.05) is 22.9 Å². The molecule has 1 aromatic carbocycles. The van der Waals surface area contributed by atoms with Crippen molar-refractivity contribution in [3.8, 4) is 0 Å². The van der Waals surface area contributed by atoms with Gasteiger partial charge in [-0.05, 0) is 24.6 Å². The van der Waals surface area contributed by atoms with Crippen molar-refractivity contribution in [2.75, 3.05) is 5.32 Å². The van der Waals surface area contributed by atoms with E-state index in [0.29, 0.717) is 21.6 Å². The SMILES string of the molecule is CC(Sc1nc(CC(=O)Nc2ncc(Cc3cccc(F)c3)s2)cs1)C(N)=O. The quantitative estimate of drug-likeness (QED) is 0.527. The molecule has 10 heteroatoms. The molecule has 2 heterocycles. The third-order valence-electron chi connectivity index (χ3n) is 3.62. The maximum Gasteiger partial charge on any atom is 0.232 e. The fourth-order valence-electron chi connectivity index (χ4n) is 2.26. The number of primary amides is 1. The molecule has 0 spiro atoms. The Hall–Kier alpha value is -2.30. The molecule has 2 amide bonds. The maximum atomic E-state index is 13.3. The second kappa shape index (κ2) is 9.26. The number of nitrogens with one attached hydrogen (secondary N) is 1. The lowest BCUT2D eigenvalue weighted by Gasteiger charge is -2.02. The van der Waals surface area contributed by atoms with E-state index in [1.54, 1.807) is 24.6 Å². The molecule has 0 saturated heterocycles. The summed E-state index contributed by atoms with van der Waals surface area (Å²) in [6.07, 6.45) is 2.34. The Morgan fingerprint density at radius 3 is 2.96 bits per heavy atom. The summed E-state index contributed by atoms with van der Waals surface area (Å²) in [5, 5.41) is 4.65. The number of thioether (sulfide) groups is 1. The van der Waals surface area contributed by atoms with Gasteiger partial charge in [-0.25, -0.2) is 14.4 Å². The van der Waals surface area contributed by atoms with E-state index < -0.39 is 5.91 Å². The van der Waals surface area contributed by atoms with Crippen LogP contribution in [0.15, 0.2) is 40.2 Å². The number of halogens is 1. The lowest BCUT2D eigenvalue weighted by Crippen LogP contribution is -2.22. The number of nitrogens with zero attached hydrogens (tertiary/aromatic N) is 2. The number of rotatable bonds is 8. The molecule has 28 heavy (non-hydrogen) atoms. The van der Waals surface area contributed by atoms with Crippen LogP contribution in [0.25, 0.3) is 0 Å². The van der Waals surface area contributed by atoms with Gasteiger partial charge in [0.05, 0.1) is 17.4 Å². The van der Waals surface area contributed by atoms with Crippen LogP contribution < -0.4 is 11.1 Å². The van der Waals surface area contributed by atoms with Gasteiger partial charge in [0.2, 0.25) is 11.8 Å². The first-order chi connectivity index (χ1) is 13.4. The molecule has 6 nitrogen and oxygen atoms in total. The minimum atomic E-state index is -0.405. The summed E-state index contributed by atoms with van der Waals surface area (Å²) in [5.41, 5.74) is 6.71. The van der Waals surface area contributed by atoms with Crippen LogP contribution >= 0.6 is 34.4 Å². The number of benzene rings is 1. The van der Waals surface area contributed by atoms with E-state index in [0.717, 1.165) is 10.4 Å². The van der Waals surface area contributed by atoms with Crippen LogP contribution in [0.5, 0.6) is 0 Å². The minimum absolute atomic E-state index is 0.112. The third kappa shape index (κ3) is 5.85. The number of thiazole rings is 2. The van der Waals surface area contributed by atoms with E-state index in [4.69, 9.17) is 5.73 Å². The highest BCUT2D eigenvalue weighted by Gasteiger charge is 2.15. The normalized spacial score (nSPS) is 11.9. The molecule has 0 bridgehead atoms. The van der Waals surface area contributed by atoms with Gasteiger partial charge < -0.3 is 11.1 Å². The summed E-state index contributed by atoms with van der Waals surface area (Å²) in [4.78, 5) is 32.8. The average Bonchev–Trinajstić information content (AvgIpc) is 3.24. The first-order valence-corrected chi connectivity index (χ1v) is 10.9. The van der Waals surface area contributed by atoms with E-state index >= 15 is 0 Å². The van der Waals surface area contributed by atoms with Crippen LogP contribution in [0.3, 0.4) is 0 Å². The van der Waals surface area contributed by atoms with E-state index in [-0.39, 0.29) is 23.4 Å². The van der Waals surface area contributed by atoms with Crippen molar-refractivity contribution < 1.29 is 14.0 Å². The van der Waals surface area contributed by atoms with Crippen molar-refractivity contribution in [1.82, 2.24) is 9.97 Å². The standard InChI is InChI=1S/C18H17FN4O2S3/c1-10(16(20)25)27-18-22-13(9-26-18)7-15(24)23-17-21-8-14(28-17)6-11-3-2-4-12(19)5-11/h2-5,8-10H,6-7H2,1H3,(H2,20,25)(H,21,23,24). The molecule has 3 aromatic rings.